The van der Waals surface area contributed by atoms with Crippen LogP contribution in [0.1, 0.15) is 43.6 Å². The van der Waals surface area contributed by atoms with Crippen molar-refractivity contribution in [1.82, 2.24) is 10.4 Å². The smallest absolute Gasteiger partial charge is 0.276 e. The lowest BCUT2D eigenvalue weighted by Crippen LogP contribution is -2.53. The Bertz CT molecular complexity index is 1810. The first-order chi connectivity index (χ1) is 22.0. The van der Waals surface area contributed by atoms with Crippen molar-refractivity contribution in [1.29, 1.82) is 0 Å². The van der Waals surface area contributed by atoms with Crippen molar-refractivity contribution in [3.05, 3.63) is 154 Å². The molecule has 0 saturated heterocycles. The highest BCUT2D eigenvalue weighted by Crippen LogP contribution is 2.37. The molecule has 2 N–H and O–H groups in total. The number of para-hydroxylation sites is 1. The molecule has 2 amide bonds. The fourth-order valence-corrected chi connectivity index (χ4v) is 5.35. The lowest BCUT2D eigenvalue weighted by molar-refractivity contribution is 0.0487. The number of anilines is 1. The zero-order chi connectivity index (χ0) is 31.2. The molecule has 0 spiro atoms. The van der Waals surface area contributed by atoms with E-state index in [1.807, 2.05) is 91.0 Å². The van der Waals surface area contributed by atoms with Gasteiger partial charge in [-0.15, -0.1) is 0 Å². The second kappa shape index (κ2) is 13.6. The zero-order valence-corrected chi connectivity index (χ0v) is 26.0. The summed E-state index contributed by atoms with van der Waals surface area (Å²) in [5.74, 6) is 1.11. The molecule has 1 unspecified atom stereocenters. The first-order valence-corrected chi connectivity index (χ1v) is 15.1. The Labute approximate surface area is 269 Å². The third-order valence-electron chi connectivity index (χ3n) is 7.31. The maximum absolute atomic E-state index is 13.9. The minimum Gasteiger partial charge on any atom is -0.497 e. The molecule has 9 heteroatoms. The normalized spacial score (nSPS) is 13.8. The van der Waals surface area contributed by atoms with E-state index in [-0.39, 0.29) is 12.5 Å². The second-order valence-electron chi connectivity index (χ2n) is 10.3. The number of fused-ring (bicyclic) bond motifs is 1. The molecular weight excluding hydrogens is 634 g/mol. The maximum Gasteiger partial charge on any atom is 0.276 e. The van der Waals surface area contributed by atoms with Crippen molar-refractivity contribution >= 4 is 33.4 Å². The van der Waals surface area contributed by atoms with Crippen LogP contribution in [-0.4, -0.2) is 23.9 Å². The summed E-state index contributed by atoms with van der Waals surface area (Å²) in [6.45, 7) is 0.694. The van der Waals surface area contributed by atoms with Crippen LogP contribution in [0.25, 0.3) is 0 Å². The molecule has 0 aromatic heterocycles. The number of halogens is 1. The first-order valence-electron chi connectivity index (χ1n) is 14.3. The van der Waals surface area contributed by atoms with Crippen LogP contribution in [-0.2, 0) is 13.2 Å². The molecule has 8 nitrogen and oxygen atoms in total. The molecule has 1 aliphatic rings. The average molecular weight is 665 g/mol. The van der Waals surface area contributed by atoms with Crippen molar-refractivity contribution in [2.45, 2.75) is 19.4 Å². The number of hydrazine groups is 1. The molecule has 1 atom stereocenters. The Kier molecular flexibility index (Phi) is 8.98. The molecule has 0 aliphatic carbocycles. The third-order valence-corrected chi connectivity index (χ3v) is 7.80. The molecule has 5 aromatic carbocycles. The average Bonchev–Trinajstić information content (AvgIpc) is 3.08. The molecule has 1 aliphatic heterocycles. The van der Waals surface area contributed by atoms with E-state index in [0.717, 1.165) is 21.3 Å². The van der Waals surface area contributed by atoms with Gasteiger partial charge in [0.15, 0.2) is 6.17 Å². The SMILES string of the molecule is COc1cccc(COc2ccccc2C2Nc3ccc(Br)cc3C(=O)N2NC(=O)c2ccc(OCc3ccccc3)cc2)c1. The summed E-state index contributed by atoms with van der Waals surface area (Å²) >= 11 is 3.46. The van der Waals surface area contributed by atoms with Gasteiger partial charge in [0, 0.05) is 21.3 Å². The summed E-state index contributed by atoms with van der Waals surface area (Å²) in [6, 6.07) is 37.1. The summed E-state index contributed by atoms with van der Waals surface area (Å²) in [5.41, 5.74) is 6.91. The number of amides is 2. The van der Waals surface area contributed by atoms with Gasteiger partial charge in [-0.2, -0.15) is 0 Å². The van der Waals surface area contributed by atoms with Gasteiger partial charge in [0.25, 0.3) is 11.8 Å². The number of nitrogens with one attached hydrogen (secondary N) is 2. The summed E-state index contributed by atoms with van der Waals surface area (Å²) in [6.07, 6.45) is -0.759. The summed E-state index contributed by atoms with van der Waals surface area (Å²) in [7, 11) is 1.62. The number of benzene rings is 5. The quantitative estimate of drug-likeness (QED) is 0.161. The molecule has 226 valence electrons. The van der Waals surface area contributed by atoms with Crippen molar-refractivity contribution in [2.75, 3.05) is 12.4 Å². The minimum atomic E-state index is -0.759. The van der Waals surface area contributed by atoms with E-state index in [0.29, 0.717) is 40.5 Å². The predicted octanol–water partition coefficient (Wildman–Crippen LogP) is 7.53. The Morgan fingerprint density at radius 3 is 2.33 bits per heavy atom. The van der Waals surface area contributed by atoms with Crippen LogP contribution >= 0.6 is 15.9 Å². The van der Waals surface area contributed by atoms with Gasteiger partial charge in [-0.25, -0.2) is 5.01 Å². The van der Waals surface area contributed by atoms with Crippen LogP contribution in [0.15, 0.2) is 126 Å². The van der Waals surface area contributed by atoms with E-state index in [1.54, 1.807) is 37.4 Å². The van der Waals surface area contributed by atoms with E-state index in [2.05, 4.69) is 26.7 Å². The standard InChI is InChI=1S/C36H30BrN3O5/c1-43-29-11-7-10-25(20-29)23-45-33-13-6-5-12-30(33)34-38-32-19-16-27(37)21-31(32)36(42)40(34)39-35(41)26-14-17-28(18-15-26)44-22-24-8-3-2-4-9-24/h2-21,34,38H,22-23H2,1H3,(H,39,41). The van der Waals surface area contributed by atoms with E-state index >= 15 is 0 Å². The van der Waals surface area contributed by atoms with Gasteiger partial charge in [-0.3, -0.25) is 15.0 Å². The van der Waals surface area contributed by atoms with Crippen LogP contribution in [0, 0.1) is 0 Å². The Morgan fingerprint density at radius 1 is 0.800 bits per heavy atom. The molecule has 0 radical (unpaired) electrons. The van der Waals surface area contributed by atoms with Crippen LogP contribution in [0.3, 0.4) is 0 Å². The van der Waals surface area contributed by atoms with Crippen molar-refractivity contribution < 1.29 is 23.8 Å². The highest BCUT2D eigenvalue weighted by Gasteiger charge is 2.36. The Balaban J connectivity index is 1.24. The number of nitrogens with zero attached hydrogens (tertiary/aromatic N) is 1. The van der Waals surface area contributed by atoms with Crippen LogP contribution < -0.4 is 25.0 Å². The number of carbonyl (C=O) groups excluding carboxylic acids is 2. The van der Waals surface area contributed by atoms with E-state index < -0.39 is 12.1 Å². The maximum atomic E-state index is 13.9. The van der Waals surface area contributed by atoms with Crippen LogP contribution in [0.2, 0.25) is 0 Å². The molecule has 1 heterocycles. The molecular formula is C36H30BrN3O5. The predicted molar refractivity (Wildman–Crippen MR) is 175 cm³/mol. The lowest BCUT2D eigenvalue weighted by atomic mass is 10.0. The number of carbonyl (C=O) groups is 2. The van der Waals surface area contributed by atoms with Gasteiger partial charge in [0.2, 0.25) is 0 Å². The molecule has 45 heavy (non-hydrogen) atoms. The van der Waals surface area contributed by atoms with E-state index in [4.69, 9.17) is 14.2 Å². The summed E-state index contributed by atoms with van der Waals surface area (Å²) in [4.78, 5) is 27.5. The number of ether oxygens (including phenoxy) is 3. The number of methoxy groups -OCH3 is 1. The van der Waals surface area contributed by atoms with Gasteiger partial charge in [-0.05, 0) is 71.8 Å². The number of rotatable bonds is 10. The highest BCUT2D eigenvalue weighted by molar-refractivity contribution is 9.10. The van der Waals surface area contributed by atoms with Crippen LogP contribution in [0.4, 0.5) is 5.69 Å². The fraction of sp³-hybridized carbons (Fsp3) is 0.111. The minimum absolute atomic E-state index is 0.281. The largest absolute Gasteiger partial charge is 0.497 e. The third kappa shape index (κ3) is 6.94. The van der Waals surface area contributed by atoms with Crippen LogP contribution in [0.5, 0.6) is 17.2 Å². The summed E-state index contributed by atoms with van der Waals surface area (Å²) in [5, 5.41) is 4.74. The molecule has 0 bridgehead atoms. The van der Waals surface area contributed by atoms with Gasteiger partial charge in [0.1, 0.15) is 30.5 Å². The van der Waals surface area contributed by atoms with E-state index in [1.165, 1.54) is 5.01 Å². The lowest BCUT2D eigenvalue weighted by Gasteiger charge is -2.38. The van der Waals surface area contributed by atoms with Crippen molar-refractivity contribution in [3.63, 3.8) is 0 Å². The van der Waals surface area contributed by atoms with Gasteiger partial charge in [0.05, 0.1) is 12.7 Å². The topological polar surface area (TPSA) is 89.1 Å². The molecule has 0 saturated carbocycles. The Morgan fingerprint density at radius 2 is 1.53 bits per heavy atom. The number of hydrogen-bond acceptors (Lipinski definition) is 6. The molecule has 5 aromatic rings. The van der Waals surface area contributed by atoms with E-state index in [9.17, 15) is 9.59 Å². The molecule has 0 fully saturated rings. The first kappa shape index (κ1) is 29.8. The second-order valence-corrected chi connectivity index (χ2v) is 11.2. The molecule has 6 rings (SSSR count). The summed E-state index contributed by atoms with van der Waals surface area (Å²) < 4.78 is 18.2. The monoisotopic (exact) mass is 663 g/mol. The highest BCUT2D eigenvalue weighted by atomic mass is 79.9. The number of hydrogen-bond donors (Lipinski definition) is 2. The van der Waals surface area contributed by atoms with Crippen molar-refractivity contribution in [3.8, 4) is 17.2 Å². The van der Waals surface area contributed by atoms with Gasteiger partial charge >= 0.3 is 0 Å². The fourth-order valence-electron chi connectivity index (χ4n) is 4.99. The van der Waals surface area contributed by atoms with Gasteiger partial charge < -0.3 is 19.5 Å². The van der Waals surface area contributed by atoms with Gasteiger partial charge in [-0.1, -0.05) is 76.6 Å². The van der Waals surface area contributed by atoms with Crippen molar-refractivity contribution in [2.24, 2.45) is 0 Å². The Hall–Kier alpha value is -5.28. The zero-order valence-electron chi connectivity index (χ0n) is 24.4.